The molecule has 7 aromatic rings. The molecule has 1 saturated carbocycles. The lowest BCUT2D eigenvalue weighted by Crippen LogP contribution is -2.41. The van der Waals surface area contributed by atoms with Gasteiger partial charge in [-0.15, -0.1) is 5.10 Å². The first-order valence-electron chi connectivity index (χ1n) is 17.3. The predicted molar refractivity (Wildman–Crippen MR) is 190 cm³/mol. The number of pyridine rings is 1. The van der Waals surface area contributed by atoms with Gasteiger partial charge in [-0.05, 0) is 92.1 Å². The Labute approximate surface area is 298 Å². The van der Waals surface area contributed by atoms with Crippen LogP contribution in [-0.4, -0.2) is 72.7 Å². The van der Waals surface area contributed by atoms with E-state index in [9.17, 15) is 4.79 Å². The number of methoxy groups -OCH3 is 1. The molecule has 9 rings (SSSR count). The van der Waals surface area contributed by atoms with Crippen molar-refractivity contribution < 1.29 is 22.9 Å². The van der Waals surface area contributed by atoms with Crippen molar-refractivity contribution in [3.05, 3.63) is 90.6 Å². The number of fused-ring (bicyclic) bond motifs is 1. The molecule has 2 atom stereocenters. The Bertz CT molecular complexity index is 2380. The van der Waals surface area contributed by atoms with Crippen LogP contribution in [0.4, 0.5) is 11.5 Å². The van der Waals surface area contributed by atoms with Crippen LogP contribution < -0.4 is 9.64 Å². The average molecular weight is 698 g/mol. The SMILES string of the molecule is COc1nccc(N(C)c2ccc(C)c(-c3cn(CC4C(C5CC5)CCN4C(=O)c4cc(-c5ccco5)nc5onc(-c6ccco6)c45)nn3)c2)n1. The third-order valence-electron chi connectivity index (χ3n) is 10.2. The summed E-state index contributed by atoms with van der Waals surface area (Å²) < 4.78 is 24.1. The summed E-state index contributed by atoms with van der Waals surface area (Å²) in [5.74, 6) is 2.51. The quantitative estimate of drug-likeness (QED) is 0.147. The molecule has 0 bridgehead atoms. The van der Waals surface area contributed by atoms with Gasteiger partial charge in [-0.1, -0.05) is 16.4 Å². The molecule has 262 valence electrons. The molecule has 7 heterocycles. The first-order valence-corrected chi connectivity index (χ1v) is 17.3. The van der Waals surface area contributed by atoms with Gasteiger partial charge >= 0.3 is 6.01 Å². The Morgan fingerprint density at radius 2 is 1.83 bits per heavy atom. The number of furan rings is 2. The normalized spacial score (nSPS) is 17.2. The van der Waals surface area contributed by atoms with E-state index in [1.807, 2.05) is 39.9 Å². The van der Waals surface area contributed by atoms with E-state index >= 15 is 0 Å². The maximum atomic E-state index is 14.8. The van der Waals surface area contributed by atoms with Crippen molar-refractivity contribution in [3.8, 4) is 40.2 Å². The smallest absolute Gasteiger partial charge is 0.318 e. The van der Waals surface area contributed by atoms with Crippen LogP contribution in [0, 0.1) is 18.8 Å². The molecule has 1 aliphatic heterocycles. The van der Waals surface area contributed by atoms with Crippen molar-refractivity contribution in [2.24, 2.45) is 11.8 Å². The number of ether oxygens (including phenoxy) is 1. The number of hydrogen-bond donors (Lipinski definition) is 0. The van der Waals surface area contributed by atoms with Gasteiger partial charge in [-0.25, -0.2) is 14.6 Å². The fraction of sp³-hybridized carbons (Fsp3) is 0.289. The first kappa shape index (κ1) is 31.7. The van der Waals surface area contributed by atoms with Crippen molar-refractivity contribution >= 4 is 28.5 Å². The first-order chi connectivity index (χ1) is 25.4. The van der Waals surface area contributed by atoms with Gasteiger partial charge in [0.1, 0.15) is 17.2 Å². The fourth-order valence-corrected chi connectivity index (χ4v) is 7.39. The van der Waals surface area contributed by atoms with Crippen LogP contribution in [0.3, 0.4) is 0 Å². The highest BCUT2D eigenvalue weighted by Gasteiger charge is 2.45. The Morgan fingerprint density at radius 1 is 1.00 bits per heavy atom. The van der Waals surface area contributed by atoms with Crippen LogP contribution in [0.2, 0.25) is 0 Å². The zero-order valence-corrected chi connectivity index (χ0v) is 28.8. The number of carbonyl (C=O) groups excluding carboxylic acids is 1. The van der Waals surface area contributed by atoms with Crippen LogP contribution in [0.5, 0.6) is 6.01 Å². The second-order valence-electron chi connectivity index (χ2n) is 13.4. The fourth-order valence-electron chi connectivity index (χ4n) is 7.39. The number of rotatable bonds is 10. The number of carbonyl (C=O) groups is 1. The van der Waals surface area contributed by atoms with Crippen LogP contribution >= 0.6 is 0 Å². The summed E-state index contributed by atoms with van der Waals surface area (Å²) >= 11 is 0. The minimum Gasteiger partial charge on any atom is -0.467 e. The predicted octanol–water partition coefficient (Wildman–Crippen LogP) is 6.82. The molecule has 0 N–H and O–H groups in total. The number of nitrogens with zero attached hydrogens (tertiary/aromatic N) is 9. The van der Waals surface area contributed by atoms with E-state index in [1.165, 1.54) is 12.8 Å². The van der Waals surface area contributed by atoms with Crippen LogP contribution in [0.15, 0.2) is 92.9 Å². The average Bonchev–Trinajstić information content (AvgIpc) is 3.80. The van der Waals surface area contributed by atoms with Gasteiger partial charge in [-0.2, -0.15) is 4.98 Å². The van der Waals surface area contributed by atoms with Gasteiger partial charge < -0.3 is 27.9 Å². The van der Waals surface area contributed by atoms with Crippen molar-refractivity contribution in [2.75, 3.05) is 25.6 Å². The number of benzene rings is 1. The number of anilines is 2. The number of aromatic nitrogens is 7. The summed E-state index contributed by atoms with van der Waals surface area (Å²) in [5, 5.41) is 14.0. The molecule has 2 fully saturated rings. The second kappa shape index (κ2) is 12.8. The highest BCUT2D eigenvalue weighted by atomic mass is 16.5. The number of likely N-dealkylation sites (tertiary alicyclic amines) is 1. The van der Waals surface area contributed by atoms with E-state index < -0.39 is 0 Å². The van der Waals surface area contributed by atoms with Gasteiger partial charge in [0.15, 0.2) is 17.2 Å². The Kier molecular flexibility index (Phi) is 7.78. The molecule has 52 heavy (non-hydrogen) atoms. The maximum Gasteiger partial charge on any atom is 0.318 e. The number of hydrogen-bond acceptors (Lipinski definition) is 12. The number of aryl methyl sites for hydroxylation is 1. The summed E-state index contributed by atoms with van der Waals surface area (Å²) in [6, 6.07) is 17.1. The molecule has 0 spiro atoms. The molecule has 2 unspecified atom stereocenters. The van der Waals surface area contributed by atoms with E-state index in [4.69, 9.17) is 18.1 Å². The zero-order chi connectivity index (χ0) is 35.3. The summed E-state index contributed by atoms with van der Waals surface area (Å²) in [4.78, 5) is 32.1. The van der Waals surface area contributed by atoms with Gasteiger partial charge in [-0.3, -0.25) is 4.79 Å². The third kappa shape index (κ3) is 5.65. The Hall–Kier alpha value is -6.31. The lowest BCUT2D eigenvalue weighted by atomic mass is 9.94. The lowest BCUT2D eigenvalue weighted by molar-refractivity contribution is 0.0694. The molecule has 1 aromatic carbocycles. The van der Waals surface area contributed by atoms with Crippen molar-refractivity contribution in [2.45, 2.75) is 38.8 Å². The lowest BCUT2D eigenvalue weighted by Gasteiger charge is -2.28. The third-order valence-corrected chi connectivity index (χ3v) is 10.2. The van der Waals surface area contributed by atoms with Gasteiger partial charge in [0, 0.05) is 31.0 Å². The maximum absolute atomic E-state index is 14.8. The van der Waals surface area contributed by atoms with E-state index in [0.29, 0.717) is 70.6 Å². The second-order valence-corrected chi connectivity index (χ2v) is 13.4. The minimum atomic E-state index is -0.127. The molecule has 6 aromatic heterocycles. The van der Waals surface area contributed by atoms with Crippen LogP contribution in [0.1, 0.15) is 35.2 Å². The van der Waals surface area contributed by atoms with E-state index in [2.05, 4.69) is 49.5 Å². The van der Waals surface area contributed by atoms with Gasteiger partial charge in [0.05, 0.1) is 49.4 Å². The highest BCUT2D eigenvalue weighted by molar-refractivity contribution is 6.10. The highest BCUT2D eigenvalue weighted by Crippen LogP contribution is 2.46. The molecule has 1 amide bonds. The largest absolute Gasteiger partial charge is 0.467 e. The molecule has 14 heteroatoms. The Balaban J connectivity index is 1.04. The monoisotopic (exact) mass is 697 g/mol. The van der Waals surface area contributed by atoms with Crippen molar-refractivity contribution in [3.63, 3.8) is 0 Å². The summed E-state index contributed by atoms with van der Waals surface area (Å²) in [7, 11) is 3.49. The topological polar surface area (TPSA) is 154 Å². The Morgan fingerprint density at radius 3 is 2.60 bits per heavy atom. The molecule has 1 saturated heterocycles. The summed E-state index contributed by atoms with van der Waals surface area (Å²) in [6.07, 6.45) is 10.0. The minimum absolute atomic E-state index is 0.0944. The molecule has 2 aliphatic rings. The van der Waals surface area contributed by atoms with Crippen molar-refractivity contribution in [1.29, 1.82) is 0 Å². The number of amides is 1. The molecule has 1 aliphatic carbocycles. The van der Waals surface area contributed by atoms with E-state index in [1.54, 1.807) is 56.2 Å². The summed E-state index contributed by atoms with van der Waals surface area (Å²) in [6.45, 7) is 3.18. The molecular weight excluding hydrogens is 662 g/mol. The zero-order valence-electron chi connectivity index (χ0n) is 28.8. The van der Waals surface area contributed by atoms with Gasteiger partial charge in [0.2, 0.25) is 0 Å². The summed E-state index contributed by atoms with van der Waals surface area (Å²) in [5.41, 5.74) is 5.28. The standard InChI is InChI=1S/C38H35N9O5/c1-22-8-11-24(45(2)33-12-14-39-38(41-33)49-3)18-26(22)29-20-46(44-42-29)21-30-25(23-9-10-23)13-15-47(30)37(48)27-19-28(31-6-4-16-50-31)40-36-34(27)35(43-52-36)32-7-5-17-51-32/h4-8,11-12,14,16-20,23,25,30H,9-10,13,15,21H2,1-3H3. The van der Waals surface area contributed by atoms with Gasteiger partial charge in [0.25, 0.3) is 11.6 Å². The van der Waals surface area contributed by atoms with Crippen molar-refractivity contribution in [1.82, 2.24) is 40.0 Å². The molecular formula is C38H35N9O5. The van der Waals surface area contributed by atoms with Crippen LogP contribution in [0.25, 0.3) is 45.3 Å². The molecule has 14 nitrogen and oxygen atoms in total. The van der Waals surface area contributed by atoms with E-state index in [-0.39, 0.29) is 17.7 Å². The van der Waals surface area contributed by atoms with E-state index in [0.717, 1.165) is 28.9 Å². The molecule has 0 radical (unpaired) electrons. The van der Waals surface area contributed by atoms with Crippen LogP contribution in [-0.2, 0) is 6.54 Å².